The van der Waals surface area contributed by atoms with Crippen molar-refractivity contribution < 1.29 is 14.3 Å². The van der Waals surface area contributed by atoms with E-state index in [0.717, 1.165) is 11.3 Å². The molecular formula is C29H39N5O4S. The van der Waals surface area contributed by atoms with E-state index in [2.05, 4.69) is 61.5 Å². The molecule has 0 spiro atoms. The fourth-order valence-electron chi connectivity index (χ4n) is 3.61. The summed E-state index contributed by atoms with van der Waals surface area (Å²) in [6.07, 6.45) is 4.55. The molecule has 0 aliphatic heterocycles. The third kappa shape index (κ3) is 9.02. The van der Waals surface area contributed by atoms with Crippen LogP contribution in [0, 0.1) is 0 Å². The normalized spacial score (nSPS) is 13.0. The zero-order chi connectivity index (χ0) is 28.6. The average Bonchev–Trinajstić information content (AvgIpc) is 3.33. The molecule has 0 aliphatic carbocycles. The standard InChI is InChI=1S/C29H39N5O4S/c1-8-34(27(36)37-14-15-39-29(5,6)7)19-38-26-23(17-21-24(28(2,3)4)31-18-30-21)32-25(35)22(33-26)16-20-12-10-9-11-13-20/h9-13,16-18H,8,14-15,19H2,1-7H3,(H,30,31)(H,32,35)/b22-16-,23-17-. The van der Waals surface area contributed by atoms with Crippen LogP contribution < -0.4 is 21.0 Å². The monoisotopic (exact) mass is 553 g/mol. The van der Waals surface area contributed by atoms with Gasteiger partial charge in [0.05, 0.1) is 12.0 Å². The van der Waals surface area contributed by atoms with Gasteiger partial charge in [-0.25, -0.2) is 14.8 Å². The van der Waals surface area contributed by atoms with Crippen molar-refractivity contribution in [2.24, 2.45) is 0 Å². The minimum atomic E-state index is -0.472. The Kier molecular flexibility index (Phi) is 10.0. The number of aromatic amines is 2. The maximum absolute atomic E-state index is 13.0. The topological polar surface area (TPSA) is 113 Å². The number of thioether (sulfide) groups is 1. The summed E-state index contributed by atoms with van der Waals surface area (Å²) in [6.45, 7) is 15.0. The molecule has 2 N–H and O–H groups in total. The molecule has 2 aromatic heterocycles. The van der Waals surface area contributed by atoms with Gasteiger partial charge in [0.15, 0.2) is 6.73 Å². The van der Waals surface area contributed by atoms with E-state index in [0.29, 0.717) is 29.9 Å². The van der Waals surface area contributed by atoms with E-state index in [9.17, 15) is 9.59 Å². The van der Waals surface area contributed by atoms with E-state index >= 15 is 0 Å². The molecule has 10 heteroatoms. The highest BCUT2D eigenvalue weighted by Crippen LogP contribution is 2.23. The van der Waals surface area contributed by atoms with Crippen LogP contribution >= 0.6 is 11.8 Å². The van der Waals surface area contributed by atoms with Gasteiger partial charge in [-0.3, -0.25) is 9.69 Å². The number of H-pyrrole nitrogens is 2. The number of rotatable bonds is 9. The maximum atomic E-state index is 13.0. The van der Waals surface area contributed by atoms with Gasteiger partial charge in [-0.2, -0.15) is 11.8 Å². The quantitative estimate of drug-likeness (QED) is 0.306. The molecule has 9 nitrogen and oxygen atoms in total. The number of aromatic nitrogens is 4. The number of carbonyl (C=O) groups is 1. The fraction of sp³-hybridized carbons (Fsp3) is 0.448. The van der Waals surface area contributed by atoms with Crippen molar-refractivity contribution >= 4 is 30.0 Å². The van der Waals surface area contributed by atoms with Gasteiger partial charge >= 0.3 is 6.09 Å². The second-order valence-electron chi connectivity index (χ2n) is 11.0. The number of nitrogens with zero attached hydrogens (tertiary/aromatic N) is 3. The molecule has 2 heterocycles. The Morgan fingerprint density at radius 2 is 1.82 bits per heavy atom. The Morgan fingerprint density at radius 1 is 1.10 bits per heavy atom. The highest BCUT2D eigenvalue weighted by Gasteiger charge is 2.20. The first-order valence-corrected chi connectivity index (χ1v) is 14.0. The van der Waals surface area contributed by atoms with Gasteiger partial charge in [-0.15, -0.1) is 0 Å². The minimum Gasteiger partial charge on any atom is -0.455 e. The largest absolute Gasteiger partial charge is 0.455 e. The summed E-state index contributed by atoms with van der Waals surface area (Å²) < 4.78 is 11.6. The molecule has 0 bridgehead atoms. The number of benzene rings is 1. The Balaban J connectivity index is 1.93. The van der Waals surface area contributed by atoms with Crippen molar-refractivity contribution in [1.82, 2.24) is 24.8 Å². The summed E-state index contributed by atoms with van der Waals surface area (Å²) in [4.78, 5) is 42.1. The molecule has 0 saturated heterocycles. The minimum absolute atomic E-state index is 0.0956. The molecule has 3 aromatic rings. The van der Waals surface area contributed by atoms with Crippen molar-refractivity contribution in [1.29, 1.82) is 0 Å². The second kappa shape index (κ2) is 13.0. The van der Waals surface area contributed by atoms with Gasteiger partial charge in [-0.05, 0) is 24.6 Å². The Labute approximate surface area is 233 Å². The first-order valence-electron chi connectivity index (χ1n) is 13.0. The molecule has 0 radical (unpaired) electrons. The first kappa shape index (κ1) is 30.0. The lowest BCUT2D eigenvalue weighted by atomic mass is 9.90. The van der Waals surface area contributed by atoms with Gasteiger partial charge in [0, 0.05) is 28.2 Å². The van der Waals surface area contributed by atoms with Gasteiger partial charge in [0.2, 0.25) is 5.88 Å². The number of nitrogens with one attached hydrogen (secondary N) is 2. The third-order valence-electron chi connectivity index (χ3n) is 5.58. The Bertz CT molecular complexity index is 1420. The zero-order valence-electron chi connectivity index (χ0n) is 23.8. The summed E-state index contributed by atoms with van der Waals surface area (Å²) in [5.74, 6) is 0.876. The van der Waals surface area contributed by atoms with E-state index in [1.807, 2.05) is 37.3 Å². The van der Waals surface area contributed by atoms with Crippen LogP contribution in [0.25, 0.3) is 12.2 Å². The van der Waals surface area contributed by atoms with E-state index in [-0.39, 0.29) is 33.7 Å². The van der Waals surface area contributed by atoms with Crippen LogP contribution in [0.3, 0.4) is 0 Å². The van der Waals surface area contributed by atoms with E-state index in [1.165, 1.54) is 4.90 Å². The molecular weight excluding hydrogens is 514 g/mol. The first-order chi connectivity index (χ1) is 18.4. The molecule has 3 rings (SSSR count). The number of ether oxygens (including phenoxy) is 2. The van der Waals surface area contributed by atoms with Crippen molar-refractivity contribution in [3.8, 4) is 5.88 Å². The highest BCUT2D eigenvalue weighted by molar-refractivity contribution is 8.00. The fourth-order valence-corrected chi connectivity index (χ4v) is 4.38. The highest BCUT2D eigenvalue weighted by atomic mass is 32.2. The Morgan fingerprint density at radius 3 is 2.46 bits per heavy atom. The maximum Gasteiger partial charge on any atom is 0.412 e. The van der Waals surface area contributed by atoms with Crippen LogP contribution in [-0.4, -0.2) is 61.3 Å². The summed E-state index contributed by atoms with van der Waals surface area (Å²) in [6, 6.07) is 9.44. The molecule has 0 atom stereocenters. The third-order valence-corrected chi connectivity index (χ3v) is 6.81. The number of imidazole rings is 1. The lowest BCUT2D eigenvalue weighted by Crippen LogP contribution is -2.40. The van der Waals surface area contributed by atoms with E-state index < -0.39 is 6.09 Å². The average molecular weight is 554 g/mol. The van der Waals surface area contributed by atoms with Crippen LogP contribution in [-0.2, 0) is 10.2 Å². The zero-order valence-corrected chi connectivity index (χ0v) is 24.6. The lowest BCUT2D eigenvalue weighted by Gasteiger charge is -2.21. The Hall–Kier alpha value is -3.53. The molecule has 1 amide bonds. The summed E-state index contributed by atoms with van der Waals surface area (Å²) in [5.41, 5.74) is 1.82. The predicted molar refractivity (Wildman–Crippen MR) is 156 cm³/mol. The van der Waals surface area contributed by atoms with Crippen LogP contribution in [0.2, 0.25) is 0 Å². The van der Waals surface area contributed by atoms with Gasteiger partial charge in [0.1, 0.15) is 17.3 Å². The smallest absolute Gasteiger partial charge is 0.412 e. The number of hydrogen-bond donors (Lipinski definition) is 2. The van der Waals surface area contributed by atoms with Crippen LogP contribution in [0.5, 0.6) is 5.88 Å². The van der Waals surface area contributed by atoms with Gasteiger partial charge in [-0.1, -0.05) is 71.9 Å². The molecule has 1 aromatic carbocycles. The molecule has 0 unspecified atom stereocenters. The SMILES string of the molecule is CCN(COc1n/c(=C\c2ccccc2)c(=O)[nH]/c1=C\c1nc[nH]c1C(C)(C)C)C(=O)OCCSC(C)(C)C. The number of hydrogen-bond acceptors (Lipinski definition) is 7. The summed E-state index contributed by atoms with van der Waals surface area (Å²) in [7, 11) is 0. The lowest BCUT2D eigenvalue weighted by molar-refractivity contribution is 0.0743. The van der Waals surface area contributed by atoms with Crippen LogP contribution in [0.4, 0.5) is 4.79 Å². The van der Waals surface area contributed by atoms with Crippen molar-refractivity contribution in [3.63, 3.8) is 0 Å². The van der Waals surface area contributed by atoms with Gasteiger partial charge < -0.3 is 19.4 Å². The molecule has 39 heavy (non-hydrogen) atoms. The number of carbonyl (C=O) groups excluding carboxylic acids is 1. The van der Waals surface area contributed by atoms with Crippen molar-refractivity contribution in [2.75, 3.05) is 25.6 Å². The van der Waals surface area contributed by atoms with Crippen LogP contribution in [0.1, 0.15) is 65.4 Å². The van der Waals surface area contributed by atoms with E-state index in [1.54, 1.807) is 30.2 Å². The predicted octanol–water partition coefficient (Wildman–Crippen LogP) is 3.77. The number of amides is 1. The van der Waals surface area contributed by atoms with E-state index in [4.69, 9.17) is 9.47 Å². The van der Waals surface area contributed by atoms with Gasteiger partial charge in [0.25, 0.3) is 5.56 Å². The second-order valence-corrected chi connectivity index (χ2v) is 12.9. The molecule has 0 aliphatic rings. The molecule has 210 valence electrons. The summed E-state index contributed by atoms with van der Waals surface area (Å²) in [5, 5.41) is 0.546. The van der Waals surface area contributed by atoms with Crippen molar-refractivity contribution in [2.45, 2.75) is 58.6 Å². The molecule has 0 fully saturated rings. The van der Waals surface area contributed by atoms with Crippen LogP contribution in [0.15, 0.2) is 41.5 Å². The molecule has 0 saturated carbocycles. The van der Waals surface area contributed by atoms with Crippen molar-refractivity contribution in [3.05, 3.63) is 74.7 Å². The summed E-state index contributed by atoms with van der Waals surface area (Å²) >= 11 is 1.73.